The lowest BCUT2D eigenvalue weighted by Gasteiger charge is -2.41. The highest BCUT2D eigenvalue weighted by molar-refractivity contribution is 5.29. The SMILES string of the molecule is Cc1ccc(O[C@@H]2[C@H](C)[C@H]3[C@H](n4cc(C)c(=O)[nH]c4=O)O[C@]2(COCc2ccccc2)[C@H]3OCc2ccccc2)cc1. The number of fused-ring (bicyclic) bond motifs is 2. The third-order valence-corrected chi connectivity index (χ3v) is 8.48. The van der Waals surface area contributed by atoms with Gasteiger partial charge in [0.25, 0.3) is 5.56 Å². The highest BCUT2D eigenvalue weighted by atomic mass is 16.6. The maximum atomic E-state index is 13.1. The van der Waals surface area contributed by atoms with Crippen LogP contribution in [0.4, 0.5) is 0 Å². The lowest BCUT2D eigenvalue weighted by Crippen LogP contribution is -2.56. The van der Waals surface area contributed by atoms with Crippen molar-refractivity contribution in [1.82, 2.24) is 9.55 Å². The van der Waals surface area contributed by atoms with Gasteiger partial charge in [-0.3, -0.25) is 14.3 Å². The second-order valence-electron chi connectivity index (χ2n) is 11.4. The number of nitrogens with zero attached hydrogens (tertiary/aromatic N) is 1. The van der Waals surface area contributed by atoms with Crippen molar-refractivity contribution in [1.29, 1.82) is 0 Å². The average Bonchev–Trinajstić information content (AvgIpc) is 3.42. The van der Waals surface area contributed by atoms with Crippen molar-refractivity contribution in [3.63, 3.8) is 0 Å². The molecular weight excluding hydrogens is 532 g/mol. The highest BCUT2D eigenvalue weighted by Gasteiger charge is 2.71. The molecule has 8 heteroatoms. The van der Waals surface area contributed by atoms with Crippen molar-refractivity contribution < 1.29 is 18.9 Å². The smallest absolute Gasteiger partial charge is 0.330 e. The van der Waals surface area contributed by atoms with Crippen LogP contribution in [0.2, 0.25) is 0 Å². The summed E-state index contributed by atoms with van der Waals surface area (Å²) in [6.45, 7) is 6.76. The third-order valence-electron chi connectivity index (χ3n) is 8.48. The number of ether oxygens (including phenoxy) is 4. The fourth-order valence-electron chi connectivity index (χ4n) is 6.36. The van der Waals surface area contributed by atoms with E-state index in [0.717, 1.165) is 22.4 Å². The van der Waals surface area contributed by atoms with Crippen molar-refractivity contribution in [3.05, 3.63) is 134 Å². The number of benzene rings is 3. The first-order valence-electron chi connectivity index (χ1n) is 14.4. The molecule has 0 amide bonds. The summed E-state index contributed by atoms with van der Waals surface area (Å²) in [7, 11) is 0. The van der Waals surface area contributed by atoms with Crippen LogP contribution in [0.3, 0.4) is 0 Å². The third kappa shape index (κ3) is 5.33. The molecular formula is C34H36N2O6. The first-order valence-corrected chi connectivity index (χ1v) is 14.4. The molecule has 6 rings (SSSR count). The van der Waals surface area contributed by atoms with Gasteiger partial charge in [0.15, 0.2) is 5.60 Å². The Bertz CT molecular complexity index is 1620. The normalized spacial score (nSPS) is 26.4. The Labute approximate surface area is 244 Å². The van der Waals surface area contributed by atoms with Gasteiger partial charge in [-0.2, -0.15) is 0 Å². The zero-order valence-electron chi connectivity index (χ0n) is 24.1. The van der Waals surface area contributed by atoms with Crippen LogP contribution in [0, 0.1) is 25.7 Å². The van der Waals surface area contributed by atoms with Gasteiger partial charge in [-0.1, -0.05) is 85.3 Å². The molecule has 218 valence electrons. The molecule has 1 aliphatic heterocycles. The summed E-state index contributed by atoms with van der Waals surface area (Å²) in [5.74, 6) is 0.393. The van der Waals surface area contributed by atoms with Crippen LogP contribution in [0.15, 0.2) is 101 Å². The standard InChI is InChI=1S/C34H36N2O6/c1-22-14-16-27(17-15-22)41-29-24(3)28-30(40-20-26-12-8-5-9-13-26)34(29,21-39-19-25-10-6-4-7-11-25)42-32(28)36-18-23(2)31(37)35-33(36)38/h4-18,24,28-30,32H,19-21H2,1-3H3,(H,35,37,38)/t24-,28-,29-,30+,32-,34+/m1/s1. The Hall–Kier alpha value is -3.98. The maximum absolute atomic E-state index is 13.1. The van der Waals surface area contributed by atoms with Gasteiger partial charge >= 0.3 is 5.69 Å². The van der Waals surface area contributed by atoms with Gasteiger partial charge in [0.05, 0.1) is 19.8 Å². The van der Waals surface area contributed by atoms with Gasteiger partial charge in [0.1, 0.15) is 24.2 Å². The van der Waals surface area contributed by atoms with Crippen LogP contribution in [-0.4, -0.2) is 34.0 Å². The lowest BCUT2D eigenvalue weighted by molar-refractivity contribution is -0.211. The molecule has 42 heavy (non-hydrogen) atoms. The number of aromatic nitrogens is 2. The molecule has 2 heterocycles. The summed E-state index contributed by atoms with van der Waals surface area (Å²) in [5, 5.41) is 0. The number of aromatic amines is 1. The fraction of sp³-hybridized carbons (Fsp3) is 0.353. The second-order valence-corrected chi connectivity index (χ2v) is 11.4. The lowest BCUT2D eigenvalue weighted by atomic mass is 9.92. The summed E-state index contributed by atoms with van der Waals surface area (Å²) >= 11 is 0. The van der Waals surface area contributed by atoms with Crippen molar-refractivity contribution >= 4 is 0 Å². The van der Waals surface area contributed by atoms with E-state index in [9.17, 15) is 9.59 Å². The largest absolute Gasteiger partial charge is 0.487 e. The molecule has 1 N–H and O–H groups in total. The summed E-state index contributed by atoms with van der Waals surface area (Å²) < 4.78 is 28.2. The zero-order chi connectivity index (χ0) is 29.3. The topological polar surface area (TPSA) is 91.8 Å². The number of rotatable bonds is 10. The van der Waals surface area contributed by atoms with E-state index in [1.165, 1.54) is 4.57 Å². The Morgan fingerprint density at radius 3 is 2.17 bits per heavy atom. The number of hydrogen-bond acceptors (Lipinski definition) is 6. The molecule has 0 unspecified atom stereocenters. The summed E-state index contributed by atoms with van der Waals surface area (Å²) in [5.41, 5.74) is 1.67. The average molecular weight is 569 g/mol. The van der Waals surface area contributed by atoms with Crippen LogP contribution in [0.1, 0.15) is 35.4 Å². The van der Waals surface area contributed by atoms with Gasteiger partial charge in [0, 0.05) is 23.6 Å². The van der Waals surface area contributed by atoms with E-state index < -0.39 is 35.3 Å². The molecule has 1 saturated heterocycles. The molecule has 8 nitrogen and oxygen atoms in total. The quantitative estimate of drug-likeness (QED) is 0.292. The molecule has 3 aromatic carbocycles. The summed E-state index contributed by atoms with van der Waals surface area (Å²) in [6, 6.07) is 27.9. The number of nitrogens with one attached hydrogen (secondary N) is 1. The van der Waals surface area contributed by atoms with Gasteiger partial charge in [-0.05, 0) is 37.1 Å². The van der Waals surface area contributed by atoms with Crippen LogP contribution >= 0.6 is 0 Å². The molecule has 2 fully saturated rings. The van der Waals surface area contributed by atoms with E-state index in [4.69, 9.17) is 18.9 Å². The second kappa shape index (κ2) is 11.7. The number of aryl methyl sites for hydroxylation is 2. The minimum atomic E-state index is -1.04. The zero-order valence-corrected chi connectivity index (χ0v) is 24.1. The molecule has 0 spiro atoms. The van der Waals surface area contributed by atoms with E-state index in [1.54, 1.807) is 13.1 Å². The Kier molecular flexibility index (Phi) is 7.86. The molecule has 2 aliphatic rings. The first-order chi connectivity index (χ1) is 20.4. The highest BCUT2D eigenvalue weighted by Crippen LogP contribution is 2.58. The van der Waals surface area contributed by atoms with Gasteiger partial charge < -0.3 is 18.9 Å². The van der Waals surface area contributed by atoms with Crippen molar-refractivity contribution in [2.75, 3.05) is 6.61 Å². The Morgan fingerprint density at radius 1 is 0.857 bits per heavy atom. The Morgan fingerprint density at radius 2 is 1.50 bits per heavy atom. The van der Waals surface area contributed by atoms with E-state index >= 15 is 0 Å². The van der Waals surface area contributed by atoms with E-state index in [2.05, 4.69) is 11.9 Å². The number of hydrogen-bond donors (Lipinski definition) is 1. The minimum Gasteiger partial charge on any atom is -0.487 e. The summed E-state index contributed by atoms with van der Waals surface area (Å²) in [6.07, 6.45) is 0.0182. The first kappa shape index (κ1) is 28.2. The van der Waals surface area contributed by atoms with Gasteiger partial charge in [-0.25, -0.2) is 4.79 Å². The predicted octanol–water partition coefficient (Wildman–Crippen LogP) is 4.94. The van der Waals surface area contributed by atoms with Crippen molar-refractivity contribution in [2.24, 2.45) is 11.8 Å². The Balaban J connectivity index is 1.39. The van der Waals surface area contributed by atoms with Crippen LogP contribution in [-0.2, 0) is 27.4 Å². The molecule has 4 aromatic rings. The van der Waals surface area contributed by atoms with E-state index in [-0.39, 0.29) is 18.4 Å². The van der Waals surface area contributed by atoms with Crippen LogP contribution in [0.5, 0.6) is 5.75 Å². The monoisotopic (exact) mass is 568 g/mol. The summed E-state index contributed by atoms with van der Waals surface area (Å²) in [4.78, 5) is 27.7. The fourth-order valence-corrected chi connectivity index (χ4v) is 6.36. The predicted molar refractivity (Wildman–Crippen MR) is 158 cm³/mol. The molecule has 1 aliphatic carbocycles. The van der Waals surface area contributed by atoms with Gasteiger partial charge in [0.2, 0.25) is 0 Å². The van der Waals surface area contributed by atoms with Gasteiger partial charge in [-0.15, -0.1) is 0 Å². The van der Waals surface area contributed by atoms with Crippen LogP contribution < -0.4 is 16.0 Å². The van der Waals surface area contributed by atoms with Crippen LogP contribution in [0.25, 0.3) is 0 Å². The van der Waals surface area contributed by atoms with Crippen molar-refractivity contribution in [2.45, 2.75) is 58.0 Å². The van der Waals surface area contributed by atoms with E-state index in [0.29, 0.717) is 18.8 Å². The number of H-pyrrole nitrogens is 1. The molecule has 0 radical (unpaired) electrons. The van der Waals surface area contributed by atoms with E-state index in [1.807, 2.05) is 91.9 Å². The minimum absolute atomic E-state index is 0.0784. The molecule has 1 saturated carbocycles. The maximum Gasteiger partial charge on any atom is 0.330 e. The van der Waals surface area contributed by atoms with Crippen molar-refractivity contribution in [3.8, 4) is 5.75 Å². The molecule has 1 aromatic heterocycles. The molecule has 2 bridgehead atoms. The molecule has 6 atom stereocenters.